The maximum Gasteiger partial charge on any atom is 0.0673 e. The molecular formula is C17H27N3. The minimum atomic E-state index is 0.183. The molecule has 0 amide bonds. The highest BCUT2D eigenvalue weighted by Crippen LogP contribution is 2.37. The summed E-state index contributed by atoms with van der Waals surface area (Å²) in [6, 6.07) is 6.70. The van der Waals surface area contributed by atoms with Gasteiger partial charge in [0.15, 0.2) is 0 Å². The van der Waals surface area contributed by atoms with Crippen molar-refractivity contribution < 1.29 is 0 Å². The van der Waals surface area contributed by atoms with Crippen LogP contribution in [0.1, 0.15) is 50.8 Å². The molecule has 2 saturated carbocycles. The normalized spacial score (nSPS) is 21.9. The van der Waals surface area contributed by atoms with Gasteiger partial charge in [-0.05, 0) is 56.1 Å². The summed E-state index contributed by atoms with van der Waals surface area (Å²) in [6.45, 7) is 4.61. The predicted octanol–water partition coefficient (Wildman–Crippen LogP) is 2.98. The molecule has 1 aromatic heterocycles. The summed E-state index contributed by atoms with van der Waals surface area (Å²) < 4.78 is 0. The van der Waals surface area contributed by atoms with Gasteiger partial charge in [-0.1, -0.05) is 13.0 Å². The molecule has 2 fully saturated rings. The zero-order valence-corrected chi connectivity index (χ0v) is 12.5. The molecule has 0 saturated heterocycles. The Kier molecular flexibility index (Phi) is 4.37. The number of nitrogens with zero attached hydrogens (tertiary/aromatic N) is 2. The second-order valence-corrected chi connectivity index (χ2v) is 6.61. The van der Waals surface area contributed by atoms with Crippen molar-refractivity contribution in [1.29, 1.82) is 0 Å². The summed E-state index contributed by atoms with van der Waals surface area (Å²) >= 11 is 0. The Hall–Kier alpha value is -0.930. The lowest BCUT2D eigenvalue weighted by Gasteiger charge is -2.35. The molecule has 0 aromatic carbocycles. The number of rotatable bonds is 8. The largest absolute Gasteiger partial charge is 0.326 e. The summed E-state index contributed by atoms with van der Waals surface area (Å²) in [6.07, 6.45) is 8.51. The highest BCUT2D eigenvalue weighted by molar-refractivity contribution is 5.12. The Labute approximate surface area is 122 Å². The average Bonchev–Trinajstić information content (AvgIpc) is 3.36. The number of hydrogen-bond donors (Lipinski definition) is 1. The number of pyridine rings is 1. The summed E-state index contributed by atoms with van der Waals surface area (Å²) in [5.74, 6) is 1.81. The van der Waals surface area contributed by atoms with E-state index in [2.05, 4.69) is 28.9 Å². The van der Waals surface area contributed by atoms with E-state index in [9.17, 15) is 0 Å². The van der Waals surface area contributed by atoms with Gasteiger partial charge in [0, 0.05) is 25.3 Å². The fourth-order valence-corrected chi connectivity index (χ4v) is 3.02. The monoisotopic (exact) mass is 273 g/mol. The van der Waals surface area contributed by atoms with Crippen molar-refractivity contribution in [3.05, 3.63) is 30.1 Å². The van der Waals surface area contributed by atoms with Gasteiger partial charge >= 0.3 is 0 Å². The Morgan fingerprint density at radius 3 is 2.30 bits per heavy atom. The van der Waals surface area contributed by atoms with Gasteiger partial charge in [0.25, 0.3) is 0 Å². The molecule has 0 aliphatic heterocycles. The van der Waals surface area contributed by atoms with Gasteiger partial charge in [-0.2, -0.15) is 0 Å². The summed E-state index contributed by atoms with van der Waals surface area (Å²) in [5, 5.41) is 0. The molecule has 3 rings (SSSR count). The minimum Gasteiger partial charge on any atom is -0.326 e. The molecule has 2 N–H and O–H groups in total. The Balaban J connectivity index is 1.79. The smallest absolute Gasteiger partial charge is 0.0673 e. The van der Waals surface area contributed by atoms with Crippen LogP contribution in [0.15, 0.2) is 24.4 Å². The van der Waals surface area contributed by atoms with E-state index in [0.29, 0.717) is 6.04 Å². The molecule has 2 aliphatic rings. The van der Waals surface area contributed by atoms with E-state index in [0.717, 1.165) is 24.0 Å². The van der Waals surface area contributed by atoms with E-state index in [1.165, 1.54) is 38.8 Å². The molecular weight excluding hydrogens is 246 g/mol. The summed E-state index contributed by atoms with van der Waals surface area (Å²) in [7, 11) is 0. The first-order valence-electron chi connectivity index (χ1n) is 8.18. The average molecular weight is 273 g/mol. The van der Waals surface area contributed by atoms with Crippen LogP contribution in [-0.2, 0) is 0 Å². The Morgan fingerprint density at radius 1 is 1.20 bits per heavy atom. The van der Waals surface area contributed by atoms with E-state index < -0.39 is 0 Å². The molecule has 110 valence electrons. The molecule has 3 heteroatoms. The van der Waals surface area contributed by atoms with Crippen LogP contribution in [0.5, 0.6) is 0 Å². The molecule has 3 nitrogen and oxygen atoms in total. The van der Waals surface area contributed by atoms with Crippen molar-refractivity contribution >= 4 is 0 Å². The predicted molar refractivity (Wildman–Crippen MR) is 82.3 cm³/mol. The van der Waals surface area contributed by atoms with Crippen LogP contribution < -0.4 is 5.73 Å². The van der Waals surface area contributed by atoms with E-state index in [-0.39, 0.29) is 6.04 Å². The highest BCUT2D eigenvalue weighted by Gasteiger charge is 2.35. The quantitative estimate of drug-likeness (QED) is 0.792. The van der Waals surface area contributed by atoms with Gasteiger partial charge < -0.3 is 5.73 Å². The van der Waals surface area contributed by atoms with E-state index >= 15 is 0 Å². The fourth-order valence-electron chi connectivity index (χ4n) is 3.02. The lowest BCUT2D eigenvalue weighted by molar-refractivity contribution is 0.151. The highest BCUT2D eigenvalue weighted by atomic mass is 15.2. The summed E-state index contributed by atoms with van der Waals surface area (Å²) in [4.78, 5) is 7.25. The molecule has 2 unspecified atom stereocenters. The third-order valence-electron chi connectivity index (χ3n) is 4.64. The number of nitrogens with two attached hydrogens (primary N) is 1. The second kappa shape index (κ2) is 6.23. The van der Waals surface area contributed by atoms with Crippen LogP contribution in [0, 0.1) is 11.8 Å². The zero-order chi connectivity index (χ0) is 13.9. The van der Waals surface area contributed by atoms with Crippen molar-refractivity contribution in [1.82, 2.24) is 9.88 Å². The first-order chi connectivity index (χ1) is 9.78. The first kappa shape index (κ1) is 14.0. The Morgan fingerprint density at radius 2 is 1.85 bits per heavy atom. The van der Waals surface area contributed by atoms with E-state index in [1.807, 2.05) is 12.3 Å². The Bertz CT molecular complexity index is 398. The van der Waals surface area contributed by atoms with Gasteiger partial charge in [0.05, 0.1) is 11.7 Å². The van der Waals surface area contributed by atoms with Crippen molar-refractivity contribution in [3.63, 3.8) is 0 Å². The van der Waals surface area contributed by atoms with Gasteiger partial charge in [-0.3, -0.25) is 9.88 Å². The van der Waals surface area contributed by atoms with Crippen LogP contribution in [-0.4, -0.2) is 29.0 Å². The van der Waals surface area contributed by atoms with E-state index in [1.54, 1.807) is 0 Å². The molecule has 1 heterocycles. The van der Waals surface area contributed by atoms with Crippen molar-refractivity contribution in [2.75, 3.05) is 13.1 Å². The topological polar surface area (TPSA) is 42.1 Å². The van der Waals surface area contributed by atoms with Gasteiger partial charge in [-0.15, -0.1) is 0 Å². The number of aromatic nitrogens is 1. The van der Waals surface area contributed by atoms with Crippen LogP contribution >= 0.6 is 0 Å². The van der Waals surface area contributed by atoms with Gasteiger partial charge in [0.1, 0.15) is 0 Å². The molecule has 20 heavy (non-hydrogen) atoms. The van der Waals surface area contributed by atoms with Crippen LogP contribution in [0.3, 0.4) is 0 Å². The SMILES string of the molecule is CCC(N)C(c1ccccn1)N(CC1CC1)CC1CC1. The zero-order valence-electron chi connectivity index (χ0n) is 12.5. The lowest BCUT2D eigenvalue weighted by atomic mass is 9.99. The van der Waals surface area contributed by atoms with Crippen molar-refractivity contribution in [2.24, 2.45) is 17.6 Å². The van der Waals surface area contributed by atoms with Crippen molar-refractivity contribution in [3.8, 4) is 0 Å². The molecule has 2 atom stereocenters. The van der Waals surface area contributed by atoms with E-state index in [4.69, 9.17) is 5.73 Å². The molecule has 2 aliphatic carbocycles. The standard InChI is InChI=1S/C17H27N3/c1-2-15(18)17(16-5-3-4-10-19-16)20(11-13-6-7-13)12-14-8-9-14/h3-5,10,13-15,17H,2,6-9,11-12,18H2,1H3. The lowest BCUT2D eigenvalue weighted by Crippen LogP contribution is -2.43. The first-order valence-corrected chi connectivity index (χ1v) is 8.18. The third kappa shape index (κ3) is 3.58. The van der Waals surface area contributed by atoms with Crippen molar-refractivity contribution in [2.45, 2.75) is 51.1 Å². The van der Waals surface area contributed by atoms with Crippen LogP contribution in [0.4, 0.5) is 0 Å². The maximum absolute atomic E-state index is 6.46. The summed E-state index contributed by atoms with van der Waals surface area (Å²) in [5.41, 5.74) is 7.62. The molecule has 1 aromatic rings. The second-order valence-electron chi connectivity index (χ2n) is 6.61. The third-order valence-corrected chi connectivity index (χ3v) is 4.64. The van der Waals surface area contributed by atoms with Gasteiger partial charge in [-0.25, -0.2) is 0 Å². The number of hydrogen-bond acceptors (Lipinski definition) is 3. The fraction of sp³-hybridized carbons (Fsp3) is 0.706. The van der Waals surface area contributed by atoms with Crippen LogP contribution in [0.25, 0.3) is 0 Å². The van der Waals surface area contributed by atoms with Gasteiger partial charge in [0.2, 0.25) is 0 Å². The molecule has 0 bridgehead atoms. The maximum atomic E-state index is 6.46. The molecule has 0 radical (unpaired) electrons. The van der Waals surface area contributed by atoms with Crippen LogP contribution in [0.2, 0.25) is 0 Å². The molecule has 0 spiro atoms. The minimum absolute atomic E-state index is 0.183.